The predicted molar refractivity (Wildman–Crippen MR) is 96.0 cm³/mol. The second-order valence-electron chi connectivity index (χ2n) is 7.90. The standard InChI is InChI=1S/C19H23N3O2S/c23-19(20-9-15-10-24-18(21-15)16-2-1-3-25-16)22-17-13-5-11-4-12(7-13)8-14(17)6-11/h1-3,10-14,17H,4-9H2,(H2,20,22,23). The number of hydrogen-bond donors (Lipinski definition) is 2. The summed E-state index contributed by atoms with van der Waals surface area (Å²) in [5.41, 5.74) is 0.753. The lowest BCUT2D eigenvalue weighted by Gasteiger charge is -2.54. The lowest BCUT2D eigenvalue weighted by atomic mass is 9.54. The molecule has 0 spiro atoms. The van der Waals surface area contributed by atoms with Crippen LogP contribution in [0.4, 0.5) is 4.79 Å². The first-order valence-electron chi connectivity index (χ1n) is 9.27. The number of carbonyl (C=O) groups is 1. The van der Waals surface area contributed by atoms with Gasteiger partial charge < -0.3 is 15.1 Å². The lowest BCUT2D eigenvalue weighted by Crippen LogP contribution is -2.57. The number of amides is 2. The summed E-state index contributed by atoms with van der Waals surface area (Å²) >= 11 is 1.59. The van der Waals surface area contributed by atoms with E-state index >= 15 is 0 Å². The van der Waals surface area contributed by atoms with Crippen LogP contribution in [0, 0.1) is 23.7 Å². The third-order valence-corrected chi connectivity index (χ3v) is 7.10. The maximum absolute atomic E-state index is 12.4. The second-order valence-corrected chi connectivity index (χ2v) is 8.85. The maximum Gasteiger partial charge on any atom is 0.315 e. The molecule has 4 saturated carbocycles. The van der Waals surface area contributed by atoms with Crippen LogP contribution >= 0.6 is 11.3 Å². The fraction of sp³-hybridized carbons (Fsp3) is 0.579. The number of urea groups is 1. The van der Waals surface area contributed by atoms with Crippen LogP contribution in [0.25, 0.3) is 10.8 Å². The molecule has 2 amide bonds. The Morgan fingerprint density at radius 2 is 1.96 bits per heavy atom. The molecule has 0 aromatic carbocycles. The largest absolute Gasteiger partial charge is 0.443 e. The molecule has 0 aliphatic heterocycles. The van der Waals surface area contributed by atoms with Crippen molar-refractivity contribution < 1.29 is 9.21 Å². The SMILES string of the molecule is O=C(NCc1coc(-c2cccs2)n1)NC1C2CC3CC(C2)CC1C3. The van der Waals surface area contributed by atoms with Crippen molar-refractivity contribution in [1.29, 1.82) is 0 Å². The van der Waals surface area contributed by atoms with Crippen LogP contribution in [0.3, 0.4) is 0 Å². The molecule has 6 heteroatoms. The van der Waals surface area contributed by atoms with Gasteiger partial charge in [-0.05, 0) is 67.2 Å². The third kappa shape index (κ3) is 2.97. The van der Waals surface area contributed by atoms with Gasteiger partial charge in [0.1, 0.15) is 6.26 Å². The molecule has 0 atom stereocenters. The normalized spacial score (nSPS) is 32.7. The lowest BCUT2D eigenvalue weighted by molar-refractivity contribution is -0.00942. The number of aromatic nitrogens is 1. The molecule has 2 aromatic heterocycles. The highest BCUT2D eigenvalue weighted by Gasteiger charge is 2.48. The van der Waals surface area contributed by atoms with E-state index in [9.17, 15) is 4.79 Å². The molecule has 132 valence electrons. The van der Waals surface area contributed by atoms with Gasteiger partial charge in [0.15, 0.2) is 0 Å². The average Bonchev–Trinajstić information content (AvgIpc) is 3.26. The maximum atomic E-state index is 12.4. The highest BCUT2D eigenvalue weighted by atomic mass is 32.1. The first-order chi connectivity index (χ1) is 12.2. The van der Waals surface area contributed by atoms with Crippen molar-refractivity contribution in [1.82, 2.24) is 15.6 Å². The van der Waals surface area contributed by atoms with Crippen molar-refractivity contribution in [2.75, 3.05) is 0 Å². The Morgan fingerprint density at radius 1 is 1.20 bits per heavy atom. The molecule has 0 unspecified atom stereocenters. The average molecular weight is 357 g/mol. The molecule has 6 rings (SSSR count). The van der Waals surface area contributed by atoms with Crippen molar-refractivity contribution >= 4 is 17.4 Å². The molecule has 5 nitrogen and oxygen atoms in total. The highest BCUT2D eigenvalue weighted by molar-refractivity contribution is 7.13. The zero-order valence-corrected chi connectivity index (χ0v) is 14.9. The van der Waals surface area contributed by atoms with Crippen LogP contribution in [-0.2, 0) is 6.54 Å². The van der Waals surface area contributed by atoms with Crippen molar-refractivity contribution in [3.05, 3.63) is 29.5 Å². The molecule has 0 saturated heterocycles. The summed E-state index contributed by atoms with van der Waals surface area (Å²) in [5.74, 6) is 3.86. The molecule has 2 aromatic rings. The van der Waals surface area contributed by atoms with E-state index in [2.05, 4.69) is 15.6 Å². The van der Waals surface area contributed by atoms with Crippen molar-refractivity contribution in [2.24, 2.45) is 23.7 Å². The molecule has 2 N–H and O–H groups in total. The molecular formula is C19H23N3O2S. The van der Waals surface area contributed by atoms with Crippen LogP contribution in [-0.4, -0.2) is 17.1 Å². The smallest absolute Gasteiger partial charge is 0.315 e. The predicted octanol–water partition coefficient (Wildman–Crippen LogP) is 4.03. The van der Waals surface area contributed by atoms with Gasteiger partial charge in [-0.25, -0.2) is 9.78 Å². The molecule has 4 aliphatic rings. The summed E-state index contributed by atoms with van der Waals surface area (Å²) in [6, 6.07) is 4.25. The molecular weight excluding hydrogens is 334 g/mol. The van der Waals surface area contributed by atoms with E-state index in [1.807, 2.05) is 17.5 Å². The molecule has 4 aliphatic carbocycles. The van der Waals surface area contributed by atoms with E-state index in [-0.39, 0.29) is 6.03 Å². The van der Waals surface area contributed by atoms with Gasteiger partial charge in [-0.3, -0.25) is 0 Å². The minimum Gasteiger partial charge on any atom is -0.443 e. The molecule has 4 fully saturated rings. The molecule has 4 bridgehead atoms. The van der Waals surface area contributed by atoms with Gasteiger partial charge in [0.05, 0.1) is 17.1 Å². The van der Waals surface area contributed by atoms with E-state index < -0.39 is 0 Å². The number of oxazole rings is 1. The Morgan fingerprint density at radius 3 is 2.64 bits per heavy atom. The summed E-state index contributed by atoms with van der Waals surface area (Å²) in [5, 5.41) is 8.20. The number of rotatable bonds is 4. The monoisotopic (exact) mass is 357 g/mol. The summed E-state index contributed by atoms with van der Waals surface area (Å²) in [6.07, 6.45) is 8.30. The van der Waals surface area contributed by atoms with Gasteiger partial charge in [0.2, 0.25) is 5.89 Å². The van der Waals surface area contributed by atoms with Crippen LogP contribution in [0.1, 0.15) is 37.8 Å². The molecule has 25 heavy (non-hydrogen) atoms. The van der Waals surface area contributed by atoms with Crippen LogP contribution < -0.4 is 10.6 Å². The van der Waals surface area contributed by atoms with E-state index in [1.54, 1.807) is 17.6 Å². The zero-order valence-electron chi connectivity index (χ0n) is 14.1. The summed E-state index contributed by atoms with van der Waals surface area (Å²) in [6.45, 7) is 0.397. The Balaban J connectivity index is 1.16. The fourth-order valence-corrected chi connectivity index (χ4v) is 6.09. The van der Waals surface area contributed by atoms with Crippen molar-refractivity contribution in [3.8, 4) is 10.8 Å². The molecule has 2 heterocycles. The Kier molecular flexibility index (Phi) is 3.81. The Hall–Kier alpha value is -1.82. The van der Waals surface area contributed by atoms with Gasteiger partial charge in [-0.1, -0.05) is 6.07 Å². The number of nitrogens with zero attached hydrogens (tertiary/aromatic N) is 1. The van der Waals surface area contributed by atoms with E-state index in [0.717, 1.165) is 22.4 Å². The number of hydrogen-bond acceptors (Lipinski definition) is 4. The van der Waals surface area contributed by atoms with Gasteiger partial charge in [0, 0.05) is 6.04 Å². The Bertz CT molecular complexity index is 727. The third-order valence-electron chi connectivity index (χ3n) is 6.24. The van der Waals surface area contributed by atoms with Crippen LogP contribution in [0.2, 0.25) is 0 Å². The topological polar surface area (TPSA) is 67.2 Å². The summed E-state index contributed by atoms with van der Waals surface area (Å²) in [4.78, 5) is 17.8. The number of thiophene rings is 1. The number of nitrogens with one attached hydrogen (secondary N) is 2. The minimum atomic E-state index is -0.0712. The van der Waals surface area contributed by atoms with E-state index in [4.69, 9.17) is 4.42 Å². The van der Waals surface area contributed by atoms with E-state index in [0.29, 0.717) is 30.3 Å². The van der Waals surface area contributed by atoms with Crippen LogP contribution in [0.15, 0.2) is 28.2 Å². The van der Waals surface area contributed by atoms with Crippen molar-refractivity contribution in [2.45, 2.75) is 44.7 Å². The second kappa shape index (κ2) is 6.16. The van der Waals surface area contributed by atoms with E-state index in [1.165, 1.54) is 32.1 Å². The van der Waals surface area contributed by atoms with Crippen molar-refractivity contribution in [3.63, 3.8) is 0 Å². The first kappa shape index (κ1) is 15.4. The minimum absolute atomic E-state index is 0.0712. The van der Waals surface area contributed by atoms with Crippen LogP contribution in [0.5, 0.6) is 0 Å². The van der Waals surface area contributed by atoms with Gasteiger partial charge in [-0.2, -0.15) is 0 Å². The highest BCUT2D eigenvalue weighted by Crippen LogP contribution is 2.53. The van der Waals surface area contributed by atoms with Gasteiger partial charge in [-0.15, -0.1) is 11.3 Å². The first-order valence-corrected chi connectivity index (χ1v) is 10.1. The van der Waals surface area contributed by atoms with Gasteiger partial charge in [0.25, 0.3) is 0 Å². The fourth-order valence-electron chi connectivity index (χ4n) is 5.44. The molecule has 0 radical (unpaired) electrons. The summed E-state index contributed by atoms with van der Waals surface area (Å²) < 4.78 is 5.50. The summed E-state index contributed by atoms with van der Waals surface area (Å²) in [7, 11) is 0. The number of carbonyl (C=O) groups excluding carboxylic acids is 1. The quantitative estimate of drug-likeness (QED) is 0.868. The van der Waals surface area contributed by atoms with Gasteiger partial charge >= 0.3 is 6.03 Å². The zero-order chi connectivity index (χ0) is 16.8. The Labute approximate surface area is 151 Å².